The van der Waals surface area contributed by atoms with E-state index in [0.29, 0.717) is 17.9 Å². The SMILES string of the molecule is CCOc1ccccc1C(=O)C1CCc2ccccc21. The highest BCUT2D eigenvalue weighted by Gasteiger charge is 2.30. The monoisotopic (exact) mass is 266 g/mol. The molecule has 0 saturated heterocycles. The average Bonchev–Trinajstić information content (AvgIpc) is 2.91. The van der Waals surface area contributed by atoms with E-state index in [0.717, 1.165) is 12.8 Å². The van der Waals surface area contributed by atoms with Crippen LogP contribution in [-0.4, -0.2) is 12.4 Å². The van der Waals surface area contributed by atoms with E-state index in [2.05, 4.69) is 12.1 Å². The van der Waals surface area contributed by atoms with E-state index < -0.39 is 0 Å². The predicted octanol–water partition coefficient (Wildman–Crippen LogP) is 4.00. The highest BCUT2D eigenvalue weighted by molar-refractivity contribution is 6.03. The summed E-state index contributed by atoms with van der Waals surface area (Å²) in [5, 5.41) is 0. The molecular weight excluding hydrogens is 248 g/mol. The minimum Gasteiger partial charge on any atom is -0.493 e. The zero-order valence-corrected chi connectivity index (χ0v) is 11.6. The maximum atomic E-state index is 12.8. The van der Waals surface area contributed by atoms with Crippen molar-refractivity contribution in [2.24, 2.45) is 0 Å². The number of carbonyl (C=O) groups is 1. The number of aryl methyl sites for hydroxylation is 1. The van der Waals surface area contributed by atoms with Crippen LogP contribution in [0, 0.1) is 0 Å². The van der Waals surface area contributed by atoms with Gasteiger partial charge in [0.05, 0.1) is 12.2 Å². The van der Waals surface area contributed by atoms with E-state index in [-0.39, 0.29) is 11.7 Å². The standard InChI is InChI=1S/C18H18O2/c1-2-20-17-10-6-5-9-16(17)18(19)15-12-11-13-7-3-4-8-14(13)15/h3-10,15H,2,11-12H2,1H3. The zero-order chi connectivity index (χ0) is 13.9. The fourth-order valence-electron chi connectivity index (χ4n) is 2.97. The maximum Gasteiger partial charge on any atom is 0.174 e. The van der Waals surface area contributed by atoms with Gasteiger partial charge in [0.25, 0.3) is 0 Å². The Kier molecular flexibility index (Phi) is 3.55. The smallest absolute Gasteiger partial charge is 0.174 e. The first-order valence-electron chi connectivity index (χ1n) is 7.15. The quantitative estimate of drug-likeness (QED) is 0.782. The van der Waals surface area contributed by atoms with Gasteiger partial charge >= 0.3 is 0 Å². The highest BCUT2D eigenvalue weighted by Crippen LogP contribution is 2.36. The lowest BCUT2D eigenvalue weighted by Crippen LogP contribution is -2.12. The van der Waals surface area contributed by atoms with Gasteiger partial charge < -0.3 is 4.74 Å². The second kappa shape index (κ2) is 5.49. The fourth-order valence-corrected chi connectivity index (χ4v) is 2.97. The van der Waals surface area contributed by atoms with Gasteiger partial charge in [0.15, 0.2) is 5.78 Å². The van der Waals surface area contributed by atoms with Gasteiger partial charge in [-0.25, -0.2) is 0 Å². The van der Waals surface area contributed by atoms with Crippen molar-refractivity contribution in [3.05, 3.63) is 65.2 Å². The number of carbonyl (C=O) groups excluding carboxylic acids is 1. The Hall–Kier alpha value is -2.09. The molecular formula is C18H18O2. The molecule has 102 valence electrons. The van der Waals surface area contributed by atoms with Crippen molar-refractivity contribution >= 4 is 5.78 Å². The first-order valence-corrected chi connectivity index (χ1v) is 7.15. The van der Waals surface area contributed by atoms with Crippen molar-refractivity contribution in [2.75, 3.05) is 6.61 Å². The molecule has 2 aromatic carbocycles. The van der Waals surface area contributed by atoms with Crippen LogP contribution in [-0.2, 0) is 6.42 Å². The lowest BCUT2D eigenvalue weighted by atomic mass is 9.92. The van der Waals surface area contributed by atoms with E-state index in [1.165, 1.54) is 11.1 Å². The number of hydrogen-bond donors (Lipinski definition) is 0. The molecule has 0 N–H and O–H groups in total. The molecule has 2 aromatic rings. The minimum absolute atomic E-state index is 0.0205. The summed E-state index contributed by atoms with van der Waals surface area (Å²) < 4.78 is 5.58. The molecule has 0 saturated carbocycles. The lowest BCUT2D eigenvalue weighted by molar-refractivity contribution is 0.0956. The van der Waals surface area contributed by atoms with Crippen LogP contribution in [0.1, 0.15) is 40.7 Å². The number of ether oxygens (including phenoxy) is 1. The molecule has 20 heavy (non-hydrogen) atoms. The minimum atomic E-state index is -0.0205. The zero-order valence-electron chi connectivity index (χ0n) is 11.6. The molecule has 0 aromatic heterocycles. The molecule has 0 bridgehead atoms. The second-order valence-electron chi connectivity index (χ2n) is 5.08. The van der Waals surface area contributed by atoms with E-state index >= 15 is 0 Å². The van der Waals surface area contributed by atoms with Gasteiger partial charge in [-0.1, -0.05) is 36.4 Å². The first-order chi connectivity index (χ1) is 9.81. The normalized spacial score (nSPS) is 16.8. The summed E-state index contributed by atoms with van der Waals surface area (Å²) in [5.41, 5.74) is 3.19. The Morgan fingerprint density at radius 3 is 2.75 bits per heavy atom. The van der Waals surface area contributed by atoms with Crippen LogP contribution in [0.4, 0.5) is 0 Å². The molecule has 1 aliphatic rings. The number of benzene rings is 2. The van der Waals surface area contributed by atoms with Crippen LogP contribution in [0.3, 0.4) is 0 Å². The van der Waals surface area contributed by atoms with Crippen LogP contribution < -0.4 is 4.74 Å². The fraction of sp³-hybridized carbons (Fsp3) is 0.278. The molecule has 1 atom stereocenters. The van der Waals surface area contributed by atoms with E-state index in [9.17, 15) is 4.79 Å². The molecule has 2 nitrogen and oxygen atoms in total. The van der Waals surface area contributed by atoms with Crippen molar-refractivity contribution in [3.8, 4) is 5.75 Å². The number of fused-ring (bicyclic) bond motifs is 1. The lowest BCUT2D eigenvalue weighted by Gasteiger charge is -2.14. The van der Waals surface area contributed by atoms with E-state index in [1.54, 1.807) is 0 Å². The van der Waals surface area contributed by atoms with Gasteiger partial charge in [0, 0.05) is 5.92 Å². The number of para-hydroxylation sites is 1. The highest BCUT2D eigenvalue weighted by atomic mass is 16.5. The van der Waals surface area contributed by atoms with Gasteiger partial charge in [-0.2, -0.15) is 0 Å². The van der Waals surface area contributed by atoms with Gasteiger partial charge in [-0.15, -0.1) is 0 Å². The van der Waals surface area contributed by atoms with Crippen LogP contribution in [0.15, 0.2) is 48.5 Å². The van der Waals surface area contributed by atoms with Crippen LogP contribution >= 0.6 is 0 Å². The van der Waals surface area contributed by atoms with Crippen LogP contribution in [0.25, 0.3) is 0 Å². The molecule has 0 spiro atoms. The van der Waals surface area contributed by atoms with Crippen molar-refractivity contribution < 1.29 is 9.53 Å². The van der Waals surface area contributed by atoms with Crippen LogP contribution in [0.2, 0.25) is 0 Å². The molecule has 0 heterocycles. The maximum absolute atomic E-state index is 12.8. The number of ketones is 1. The molecule has 0 radical (unpaired) electrons. The summed E-state index contributed by atoms with van der Waals surface area (Å²) in [6, 6.07) is 15.8. The summed E-state index contributed by atoms with van der Waals surface area (Å²) >= 11 is 0. The third kappa shape index (κ3) is 2.22. The largest absolute Gasteiger partial charge is 0.493 e. The van der Waals surface area contributed by atoms with Gasteiger partial charge in [-0.05, 0) is 43.0 Å². The first kappa shape index (κ1) is 12.9. The number of Topliss-reactive ketones (excluding diaryl/α,β-unsaturated/α-hetero) is 1. The second-order valence-corrected chi connectivity index (χ2v) is 5.08. The third-order valence-electron chi connectivity index (χ3n) is 3.90. The summed E-state index contributed by atoms with van der Waals surface area (Å²) in [4.78, 5) is 12.8. The number of rotatable bonds is 4. The summed E-state index contributed by atoms with van der Waals surface area (Å²) in [6.45, 7) is 2.51. The molecule has 2 heteroatoms. The van der Waals surface area contributed by atoms with Crippen molar-refractivity contribution in [3.63, 3.8) is 0 Å². The Bertz CT molecular complexity index is 631. The van der Waals surface area contributed by atoms with E-state index in [1.807, 2.05) is 43.3 Å². The average molecular weight is 266 g/mol. The summed E-state index contributed by atoms with van der Waals surface area (Å²) in [7, 11) is 0. The topological polar surface area (TPSA) is 26.3 Å². The van der Waals surface area contributed by atoms with Gasteiger partial charge in [-0.3, -0.25) is 4.79 Å². The summed E-state index contributed by atoms with van der Waals surface area (Å²) in [6.07, 6.45) is 1.89. The van der Waals surface area contributed by atoms with Crippen LogP contribution in [0.5, 0.6) is 5.75 Å². The Labute approximate surface area is 119 Å². The van der Waals surface area contributed by atoms with Crippen molar-refractivity contribution in [2.45, 2.75) is 25.7 Å². The third-order valence-corrected chi connectivity index (χ3v) is 3.90. The molecule has 0 amide bonds. The van der Waals surface area contributed by atoms with Crippen molar-refractivity contribution in [1.82, 2.24) is 0 Å². The molecule has 1 unspecified atom stereocenters. The predicted molar refractivity (Wildman–Crippen MR) is 79.4 cm³/mol. The van der Waals surface area contributed by atoms with E-state index in [4.69, 9.17) is 4.74 Å². The Morgan fingerprint density at radius 2 is 1.90 bits per heavy atom. The Morgan fingerprint density at radius 1 is 1.15 bits per heavy atom. The summed E-state index contributed by atoms with van der Waals surface area (Å²) in [5.74, 6) is 0.858. The number of hydrogen-bond acceptors (Lipinski definition) is 2. The Balaban J connectivity index is 1.95. The van der Waals surface area contributed by atoms with Gasteiger partial charge in [0.2, 0.25) is 0 Å². The molecule has 0 fully saturated rings. The molecule has 0 aliphatic heterocycles. The van der Waals surface area contributed by atoms with Crippen molar-refractivity contribution in [1.29, 1.82) is 0 Å². The molecule has 1 aliphatic carbocycles. The van der Waals surface area contributed by atoms with Gasteiger partial charge in [0.1, 0.15) is 5.75 Å². The molecule has 3 rings (SSSR count).